The molecular formula is C12H15F2NO3. The number of ether oxygens (including phenoxy) is 1. The van der Waals surface area contributed by atoms with Crippen molar-refractivity contribution in [1.29, 1.82) is 0 Å². The highest BCUT2D eigenvalue weighted by Crippen LogP contribution is 2.26. The lowest BCUT2D eigenvalue weighted by Crippen LogP contribution is -2.17. The van der Waals surface area contributed by atoms with Crippen LogP contribution < -0.4 is 10.1 Å². The summed E-state index contributed by atoms with van der Waals surface area (Å²) < 4.78 is 28.7. The minimum Gasteiger partial charge on any atom is -0.481 e. The molecule has 1 aromatic carbocycles. The number of anilines is 1. The molecule has 0 amide bonds. The highest BCUT2D eigenvalue weighted by atomic mass is 19.3. The third kappa shape index (κ3) is 4.99. The zero-order chi connectivity index (χ0) is 13.5. The lowest BCUT2D eigenvalue weighted by Gasteiger charge is -2.17. The third-order valence-corrected chi connectivity index (χ3v) is 2.30. The average molecular weight is 259 g/mol. The molecule has 18 heavy (non-hydrogen) atoms. The van der Waals surface area contributed by atoms with Gasteiger partial charge in [0.25, 0.3) is 0 Å². The maximum Gasteiger partial charge on any atom is 0.387 e. The second-order valence-corrected chi connectivity index (χ2v) is 3.85. The van der Waals surface area contributed by atoms with Gasteiger partial charge in [-0.2, -0.15) is 8.78 Å². The molecular weight excluding hydrogens is 244 g/mol. The number of carboxylic acid groups (broad SMARTS) is 1. The van der Waals surface area contributed by atoms with Crippen LogP contribution in [0.2, 0.25) is 0 Å². The van der Waals surface area contributed by atoms with Crippen molar-refractivity contribution in [2.45, 2.75) is 32.4 Å². The van der Waals surface area contributed by atoms with E-state index in [9.17, 15) is 13.6 Å². The minimum absolute atomic E-state index is 0.0199. The number of aliphatic carboxylic acids is 1. The van der Waals surface area contributed by atoms with Crippen molar-refractivity contribution >= 4 is 11.7 Å². The van der Waals surface area contributed by atoms with Crippen molar-refractivity contribution in [1.82, 2.24) is 0 Å². The van der Waals surface area contributed by atoms with E-state index in [0.717, 1.165) is 0 Å². The summed E-state index contributed by atoms with van der Waals surface area (Å²) in [4.78, 5) is 10.4. The van der Waals surface area contributed by atoms with Crippen molar-refractivity contribution in [2.24, 2.45) is 0 Å². The van der Waals surface area contributed by atoms with Gasteiger partial charge in [0, 0.05) is 12.5 Å². The summed E-state index contributed by atoms with van der Waals surface area (Å²) in [5, 5.41) is 11.5. The second kappa shape index (κ2) is 6.78. The van der Waals surface area contributed by atoms with Crippen LogP contribution in [0.3, 0.4) is 0 Å². The van der Waals surface area contributed by atoms with Gasteiger partial charge in [-0.25, -0.2) is 0 Å². The van der Waals surface area contributed by atoms with Crippen LogP contribution in [0, 0.1) is 0 Å². The number of alkyl halides is 2. The highest BCUT2D eigenvalue weighted by Gasteiger charge is 2.11. The Morgan fingerprint density at radius 1 is 1.44 bits per heavy atom. The summed E-state index contributed by atoms with van der Waals surface area (Å²) in [5.74, 6) is -0.838. The largest absolute Gasteiger partial charge is 0.481 e. The van der Waals surface area contributed by atoms with E-state index in [0.29, 0.717) is 12.1 Å². The van der Waals surface area contributed by atoms with Crippen LogP contribution >= 0.6 is 0 Å². The molecule has 1 aromatic rings. The van der Waals surface area contributed by atoms with E-state index < -0.39 is 12.6 Å². The van der Waals surface area contributed by atoms with E-state index >= 15 is 0 Å². The Hall–Kier alpha value is -1.85. The van der Waals surface area contributed by atoms with Crippen molar-refractivity contribution in [3.05, 3.63) is 24.3 Å². The molecule has 0 bridgehead atoms. The van der Waals surface area contributed by atoms with Gasteiger partial charge in [0.2, 0.25) is 0 Å². The van der Waals surface area contributed by atoms with Crippen LogP contribution in [-0.2, 0) is 4.79 Å². The first kappa shape index (κ1) is 14.2. The van der Waals surface area contributed by atoms with E-state index in [-0.39, 0.29) is 18.2 Å². The number of para-hydroxylation sites is 2. The summed E-state index contributed by atoms with van der Waals surface area (Å²) in [5.41, 5.74) is 0.427. The van der Waals surface area contributed by atoms with E-state index in [4.69, 9.17) is 5.11 Å². The van der Waals surface area contributed by atoms with Crippen LogP contribution in [0.1, 0.15) is 19.8 Å². The Balaban J connectivity index is 2.62. The predicted octanol–water partition coefficient (Wildman–Crippen LogP) is 2.95. The summed E-state index contributed by atoms with van der Waals surface area (Å²) in [6, 6.07) is 6.16. The fraction of sp³-hybridized carbons (Fsp3) is 0.417. The van der Waals surface area contributed by atoms with Gasteiger partial charge in [0.1, 0.15) is 5.75 Å². The molecule has 0 fully saturated rings. The molecule has 2 N–H and O–H groups in total. The number of rotatable bonds is 7. The lowest BCUT2D eigenvalue weighted by atomic mass is 10.1. The fourth-order valence-electron chi connectivity index (χ4n) is 1.46. The van der Waals surface area contributed by atoms with Gasteiger partial charge >= 0.3 is 12.6 Å². The van der Waals surface area contributed by atoms with Crippen LogP contribution in [0.4, 0.5) is 14.5 Å². The number of carboxylic acids is 1. The van der Waals surface area contributed by atoms with Gasteiger partial charge < -0.3 is 15.2 Å². The summed E-state index contributed by atoms with van der Waals surface area (Å²) >= 11 is 0. The number of hydrogen-bond acceptors (Lipinski definition) is 3. The zero-order valence-electron chi connectivity index (χ0n) is 9.90. The first-order valence-corrected chi connectivity index (χ1v) is 5.51. The Morgan fingerprint density at radius 3 is 2.72 bits per heavy atom. The van der Waals surface area contributed by atoms with E-state index in [1.54, 1.807) is 25.1 Å². The number of carbonyl (C=O) groups is 1. The molecule has 1 unspecified atom stereocenters. The molecule has 0 aliphatic carbocycles. The van der Waals surface area contributed by atoms with Crippen LogP contribution in [-0.4, -0.2) is 23.7 Å². The van der Waals surface area contributed by atoms with Gasteiger partial charge in [-0.1, -0.05) is 12.1 Å². The number of hydrogen-bond donors (Lipinski definition) is 2. The first-order chi connectivity index (χ1) is 8.49. The highest BCUT2D eigenvalue weighted by molar-refractivity contribution is 5.66. The molecule has 1 atom stereocenters. The molecule has 6 heteroatoms. The Labute approximate surface area is 104 Å². The Kier molecular flexibility index (Phi) is 5.35. The monoisotopic (exact) mass is 259 g/mol. The number of nitrogens with one attached hydrogen (secondary N) is 1. The quantitative estimate of drug-likeness (QED) is 0.790. The summed E-state index contributed by atoms with van der Waals surface area (Å²) in [6.07, 6.45) is 0.421. The molecule has 0 heterocycles. The van der Waals surface area contributed by atoms with Crippen LogP contribution in [0.15, 0.2) is 24.3 Å². The van der Waals surface area contributed by atoms with Gasteiger partial charge in [-0.3, -0.25) is 4.79 Å². The average Bonchev–Trinajstić information content (AvgIpc) is 2.28. The van der Waals surface area contributed by atoms with E-state index in [2.05, 4.69) is 10.1 Å². The second-order valence-electron chi connectivity index (χ2n) is 3.85. The molecule has 0 aromatic heterocycles. The van der Waals surface area contributed by atoms with Crippen molar-refractivity contribution in [2.75, 3.05) is 5.32 Å². The topological polar surface area (TPSA) is 58.6 Å². The van der Waals surface area contributed by atoms with Crippen molar-refractivity contribution in [3.63, 3.8) is 0 Å². The molecule has 1 rings (SSSR count). The molecule has 0 aliphatic heterocycles. The minimum atomic E-state index is -2.89. The van der Waals surface area contributed by atoms with Gasteiger partial charge in [0.15, 0.2) is 0 Å². The SMILES string of the molecule is CC(CCC(=O)O)Nc1ccccc1OC(F)F. The maximum absolute atomic E-state index is 12.2. The third-order valence-electron chi connectivity index (χ3n) is 2.30. The van der Waals surface area contributed by atoms with Gasteiger partial charge in [-0.05, 0) is 25.5 Å². The van der Waals surface area contributed by atoms with Gasteiger partial charge in [0.05, 0.1) is 5.69 Å². The fourth-order valence-corrected chi connectivity index (χ4v) is 1.46. The number of benzene rings is 1. The maximum atomic E-state index is 12.2. The molecule has 0 spiro atoms. The molecule has 0 radical (unpaired) electrons. The normalized spacial score (nSPS) is 12.2. The summed E-state index contributed by atoms with van der Waals surface area (Å²) in [6.45, 7) is -1.11. The van der Waals surface area contributed by atoms with E-state index in [1.807, 2.05) is 0 Å². The first-order valence-electron chi connectivity index (χ1n) is 5.51. The number of halogens is 2. The van der Waals surface area contributed by atoms with Crippen molar-refractivity contribution < 1.29 is 23.4 Å². The summed E-state index contributed by atoms with van der Waals surface area (Å²) in [7, 11) is 0. The predicted molar refractivity (Wildman–Crippen MR) is 63.0 cm³/mol. The molecule has 0 saturated heterocycles. The molecule has 100 valence electrons. The van der Waals surface area contributed by atoms with E-state index in [1.165, 1.54) is 6.07 Å². The van der Waals surface area contributed by atoms with Gasteiger partial charge in [-0.15, -0.1) is 0 Å². The van der Waals surface area contributed by atoms with Crippen LogP contribution in [0.5, 0.6) is 5.75 Å². The smallest absolute Gasteiger partial charge is 0.387 e. The lowest BCUT2D eigenvalue weighted by molar-refractivity contribution is -0.137. The zero-order valence-corrected chi connectivity index (χ0v) is 9.90. The van der Waals surface area contributed by atoms with Crippen molar-refractivity contribution in [3.8, 4) is 5.75 Å². The Morgan fingerprint density at radius 2 is 2.11 bits per heavy atom. The standard InChI is InChI=1S/C12H15F2NO3/c1-8(6-7-11(16)17)15-9-4-2-3-5-10(9)18-12(13)14/h2-5,8,12,15H,6-7H2,1H3,(H,16,17). The Bertz CT molecular complexity index is 399. The molecule has 0 aliphatic rings. The molecule has 4 nitrogen and oxygen atoms in total. The van der Waals surface area contributed by atoms with Crippen LogP contribution in [0.25, 0.3) is 0 Å². The molecule has 0 saturated carbocycles.